The highest BCUT2D eigenvalue weighted by Crippen LogP contribution is 2.24. The Labute approximate surface area is 125 Å². The van der Waals surface area contributed by atoms with E-state index in [1.165, 1.54) is 0 Å². The van der Waals surface area contributed by atoms with Crippen molar-refractivity contribution in [1.29, 1.82) is 0 Å². The van der Waals surface area contributed by atoms with Gasteiger partial charge in [-0.1, -0.05) is 0 Å². The lowest BCUT2D eigenvalue weighted by atomic mass is 10.1. The molecule has 4 atom stereocenters. The summed E-state index contributed by atoms with van der Waals surface area (Å²) in [5, 5.41) is 40.6. The van der Waals surface area contributed by atoms with Crippen molar-refractivity contribution in [3.63, 3.8) is 0 Å². The molecular weight excluding hydrogens is 310 g/mol. The van der Waals surface area contributed by atoms with E-state index >= 15 is 0 Å². The molecule has 0 aromatic rings. The van der Waals surface area contributed by atoms with Crippen molar-refractivity contribution in [1.82, 2.24) is 9.91 Å². The van der Waals surface area contributed by atoms with E-state index < -0.39 is 43.8 Å². The average molecular weight is 328 g/mol. The van der Waals surface area contributed by atoms with Crippen molar-refractivity contribution in [2.75, 3.05) is 32.2 Å². The Morgan fingerprint density at radius 3 is 2.33 bits per heavy atom. The van der Waals surface area contributed by atoms with E-state index in [9.17, 15) is 19.9 Å². The summed E-state index contributed by atoms with van der Waals surface area (Å²) in [7, 11) is 0. The lowest BCUT2D eigenvalue weighted by Crippen LogP contribution is -2.52. The molecule has 0 saturated carbocycles. The molecule has 0 aromatic carbocycles. The highest BCUT2D eigenvalue weighted by molar-refractivity contribution is 6.18. The van der Waals surface area contributed by atoms with Gasteiger partial charge in [-0.05, 0) is 0 Å². The van der Waals surface area contributed by atoms with Gasteiger partial charge in [-0.25, -0.2) is 4.79 Å². The van der Waals surface area contributed by atoms with Crippen LogP contribution in [0.4, 0.5) is 4.79 Å². The second kappa shape index (κ2) is 8.41. The second-order valence-corrected chi connectivity index (χ2v) is 4.70. The Morgan fingerprint density at radius 2 is 1.90 bits per heavy atom. The van der Waals surface area contributed by atoms with E-state index in [0.29, 0.717) is 5.01 Å². The van der Waals surface area contributed by atoms with Crippen LogP contribution in [0.15, 0.2) is 5.29 Å². The zero-order valence-electron chi connectivity index (χ0n) is 11.1. The maximum Gasteiger partial charge on any atom is 0.345 e. The summed E-state index contributed by atoms with van der Waals surface area (Å²) in [6, 6.07) is -0.936. The molecule has 21 heavy (non-hydrogen) atoms. The number of nitrogens with zero attached hydrogens (tertiary/aromatic N) is 3. The number of hydrogen-bond donors (Lipinski definition) is 4. The molecule has 0 radical (unpaired) electrons. The van der Waals surface area contributed by atoms with Gasteiger partial charge in [0.15, 0.2) is 6.23 Å². The van der Waals surface area contributed by atoms with Crippen LogP contribution in [0.25, 0.3) is 0 Å². The highest BCUT2D eigenvalue weighted by atomic mass is 35.5. The lowest BCUT2D eigenvalue weighted by Gasteiger charge is -2.31. The fraction of sp³-hybridized carbons (Fsp3) is 0.900. The second-order valence-electron chi connectivity index (χ2n) is 4.32. The predicted molar refractivity (Wildman–Crippen MR) is 70.2 cm³/mol. The van der Waals surface area contributed by atoms with Gasteiger partial charge in [-0.2, -0.15) is 5.01 Å². The molecule has 1 rings (SSSR count). The first-order valence-electron chi connectivity index (χ1n) is 6.22. The molecule has 1 aliphatic heterocycles. The minimum Gasteiger partial charge on any atom is -0.395 e. The lowest BCUT2D eigenvalue weighted by molar-refractivity contribution is -0.0862. The third-order valence-electron chi connectivity index (χ3n) is 3.03. The summed E-state index contributed by atoms with van der Waals surface area (Å²) in [4.78, 5) is 23.6. The monoisotopic (exact) mass is 327 g/mol. The van der Waals surface area contributed by atoms with Gasteiger partial charge >= 0.3 is 6.03 Å². The summed E-state index contributed by atoms with van der Waals surface area (Å²) < 4.78 is 5.18. The SMILES string of the molecule is O=NN(CCCl)C(=O)N(CCO)C1O[C@H](CO)[C@@H](O)[C@H]1O. The Morgan fingerprint density at radius 1 is 1.24 bits per heavy atom. The molecule has 10 nitrogen and oxygen atoms in total. The zero-order valence-corrected chi connectivity index (χ0v) is 11.8. The molecular formula is C10H18ClN3O7. The van der Waals surface area contributed by atoms with E-state index in [1.807, 2.05) is 0 Å². The van der Waals surface area contributed by atoms with Gasteiger partial charge in [-0.15, -0.1) is 16.5 Å². The van der Waals surface area contributed by atoms with Gasteiger partial charge in [0.1, 0.15) is 18.3 Å². The normalized spacial score (nSPS) is 28.4. The first kappa shape index (κ1) is 18.0. The van der Waals surface area contributed by atoms with Crippen LogP contribution < -0.4 is 0 Å². The van der Waals surface area contributed by atoms with Crippen LogP contribution in [0, 0.1) is 4.91 Å². The van der Waals surface area contributed by atoms with Gasteiger partial charge in [0.25, 0.3) is 0 Å². The first-order chi connectivity index (χ1) is 10.0. The van der Waals surface area contributed by atoms with Crippen LogP contribution in [0.2, 0.25) is 0 Å². The number of carbonyl (C=O) groups excluding carboxylic acids is 1. The number of aliphatic hydroxyl groups is 4. The number of halogens is 1. The quantitative estimate of drug-likeness (QED) is 0.242. The number of hydrogen-bond acceptors (Lipinski definition) is 8. The minimum atomic E-state index is -1.50. The Kier molecular flexibility index (Phi) is 7.22. The summed E-state index contributed by atoms with van der Waals surface area (Å²) in [5.41, 5.74) is 0. The topological polar surface area (TPSA) is 143 Å². The van der Waals surface area contributed by atoms with Crippen molar-refractivity contribution >= 4 is 17.6 Å². The van der Waals surface area contributed by atoms with Crippen LogP contribution in [0.1, 0.15) is 0 Å². The van der Waals surface area contributed by atoms with E-state index in [0.717, 1.165) is 4.90 Å². The van der Waals surface area contributed by atoms with E-state index in [1.54, 1.807) is 0 Å². The fourth-order valence-electron chi connectivity index (χ4n) is 1.98. The van der Waals surface area contributed by atoms with Crippen molar-refractivity contribution < 1.29 is 30.0 Å². The molecule has 0 bridgehead atoms. The molecule has 1 saturated heterocycles. The van der Waals surface area contributed by atoms with Crippen molar-refractivity contribution in [2.24, 2.45) is 5.29 Å². The molecule has 0 spiro atoms. The van der Waals surface area contributed by atoms with Gasteiger partial charge in [0.2, 0.25) is 0 Å². The Balaban J connectivity index is 2.90. The molecule has 11 heteroatoms. The highest BCUT2D eigenvalue weighted by Gasteiger charge is 2.47. The van der Waals surface area contributed by atoms with Crippen LogP contribution in [-0.4, -0.2) is 93.1 Å². The van der Waals surface area contributed by atoms with Crippen LogP contribution in [0.3, 0.4) is 0 Å². The van der Waals surface area contributed by atoms with Gasteiger partial charge < -0.3 is 25.2 Å². The average Bonchev–Trinajstić information content (AvgIpc) is 2.77. The Bertz CT molecular complexity index is 362. The standard InChI is InChI=1S/C10H18ClN3O7/c11-1-2-14(12-20)10(19)13(3-4-15)9-8(18)7(17)6(5-16)21-9/h6-9,15-18H,1-5H2/t6-,7-,8-,9?/m1/s1. The molecule has 1 aliphatic rings. The van der Waals surface area contributed by atoms with Crippen LogP contribution >= 0.6 is 11.6 Å². The van der Waals surface area contributed by atoms with Crippen LogP contribution in [0.5, 0.6) is 0 Å². The summed E-state index contributed by atoms with van der Waals surface area (Å²) in [6.45, 7) is -1.46. The molecule has 1 fully saturated rings. The molecule has 0 aliphatic carbocycles. The zero-order chi connectivity index (χ0) is 16.0. The first-order valence-corrected chi connectivity index (χ1v) is 6.75. The largest absolute Gasteiger partial charge is 0.395 e. The predicted octanol–water partition coefficient (Wildman–Crippen LogP) is -1.94. The molecule has 0 aromatic heterocycles. The van der Waals surface area contributed by atoms with E-state index in [4.69, 9.17) is 26.6 Å². The number of carbonyl (C=O) groups is 1. The summed E-state index contributed by atoms with van der Waals surface area (Å²) in [5.74, 6) is -0.0413. The molecule has 122 valence electrons. The summed E-state index contributed by atoms with van der Waals surface area (Å²) in [6.07, 6.45) is -5.30. The minimum absolute atomic E-state index is 0.0413. The van der Waals surface area contributed by atoms with Crippen LogP contribution in [-0.2, 0) is 4.74 Å². The fourth-order valence-corrected chi connectivity index (χ4v) is 2.14. The molecule has 4 N–H and O–H groups in total. The maximum atomic E-state index is 12.1. The number of amides is 2. The number of nitroso groups, excluding NO2 is 1. The Hall–Kier alpha value is -1.04. The maximum absolute atomic E-state index is 12.1. The van der Waals surface area contributed by atoms with E-state index in [-0.39, 0.29) is 19.0 Å². The summed E-state index contributed by atoms with van der Waals surface area (Å²) >= 11 is 5.44. The van der Waals surface area contributed by atoms with Crippen molar-refractivity contribution in [3.05, 3.63) is 4.91 Å². The molecule has 1 unspecified atom stereocenters. The smallest absolute Gasteiger partial charge is 0.345 e. The van der Waals surface area contributed by atoms with E-state index in [2.05, 4.69) is 5.29 Å². The third kappa shape index (κ3) is 3.99. The number of rotatable bonds is 7. The molecule has 1 heterocycles. The number of urea groups is 1. The van der Waals surface area contributed by atoms with Crippen molar-refractivity contribution in [3.8, 4) is 0 Å². The third-order valence-corrected chi connectivity index (χ3v) is 3.20. The number of aliphatic hydroxyl groups excluding tert-OH is 4. The number of alkyl halides is 1. The van der Waals surface area contributed by atoms with Gasteiger partial charge in [0, 0.05) is 12.4 Å². The van der Waals surface area contributed by atoms with Gasteiger partial charge in [0.05, 0.1) is 25.0 Å². The molecule has 2 amide bonds. The van der Waals surface area contributed by atoms with Gasteiger partial charge in [-0.3, -0.25) is 4.90 Å². The van der Waals surface area contributed by atoms with Crippen molar-refractivity contribution in [2.45, 2.75) is 24.5 Å². The number of ether oxygens (including phenoxy) is 1.